The Morgan fingerprint density at radius 2 is 2.58 bits per heavy atom. The highest BCUT2D eigenvalue weighted by molar-refractivity contribution is 8.02. The van der Waals surface area contributed by atoms with Crippen LogP contribution in [0.4, 0.5) is 9.59 Å². The summed E-state index contributed by atoms with van der Waals surface area (Å²) in [5.41, 5.74) is -0.438. The van der Waals surface area contributed by atoms with Crippen molar-refractivity contribution in [3.63, 3.8) is 0 Å². The number of carbonyl (C=O) groups excluding carboxylic acids is 1. The van der Waals surface area contributed by atoms with Crippen LogP contribution in [-0.2, 0) is 9.47 Å². The van der Waals surface area contributed by atoms with Crippen LogP contribution in [0.3, 0.4) is 0 Å². The summed E-state index contributed by atoms with van der Waals surface area (Å²) in [4.78, 5) is 21.9. The van der Waals surface area contributed by atoms with Crippen molar-refractivity contribution in [1.82, 2.24) is 4.90 Å². The van der Waals surface area contributed by atoms with Gasteiger partial charge in [-0.15, -0.1) is 0 Å². The monoisotopic (exact) mass is 189 g/mol. The zero-order valence-electron chi connectivity index (χ0n) is 5.59. The molecule has 0 aromatic rings. The Morgan fingerprint density at radius 1 is 1.83 bits per heavy atom. The lowest BCUT2D eigenvalue weighted by molar-refractivity contribution is -0.0467. The number of nitrogens with zero attached hydrogens (tertiary/aromatic N) is 1. The quantitative estimate of drug-likeness (QED) is 0.619. The molecule has 0 saturated carbocycles. The van der Waals surface area contributed by atoms with Crippen LogP contribution in [0.5, 0.6) is 0 Å². The normalized spacial score (nSPS) is 25.3. The first-order valence-corrected chi connectivity index (χ1v) is 3.89. The van der Waals surface area contributed by atoms with Crippen molar-refractivity contribution in [2.45, 2.75) is 5.56 Å². The number of carboxylic acid groups (broad SMARTS) is 1. The third-order valence-electron chi connectivity index (χ3n) is 1.32. The van der Waals surface area contributed by atoms with Gasteiger partial charge in [-0.25, -0.2) is 9.59 Å². The second-order valence-electron chi connectivity index (χ2n) is 2.02. The smallest absolute Gasteiger partial charge is 0.449 e. The molecule has 0 bridgehead atoms. The molecule has 0 spiro atoms. The molecule has 7 heteroatoms. The molecule has 1 atom stereocenters. The van der Waals surface area contributed by atoms with E-state index < -0.39 is 17.8 Å². The first-order valence-electron chi connectivity index (χ1n) is 2.95. The number of hydrogen-bond acceptors (Lipinski definition) is 5. The second-order valence-corrected chi connectivity index (χ2v) is 2.93. The summed E-state index contributed by atoms with van der Waals surface area (Å²) >= 11 is 1.18. The van der Waals surface area contributed by atoms with Crippen LogP contribution in [0, 0.1) is 0 Å². The van der Waals surface area contributed by atoms with E-state index in [0.717, 1.165) is 4.90 Å². The summed E-state index contributed by atoms with van der Waals surface area (Å²) in [6.07, 6.45) is -2.03. The van der Waals surface area contributed by atoms with Gasteiger partial charge in [0.15, 0.2) is 0 Å². The zero-order valence-corrected chi connectivity index (χ0v) is 6.41. The van der Waals surface area contributed by atoms with Gasteiger partial charge < -0.3 is 14.6 Å². The van der Waals surface area contributed by atoms with Gasteiger partial charge in [-0.3, -0.25) is 0 Å². The molecule has 1 N–H and O–H groups in total. The van der Waals surface area contributed by atoms with Crippen LogP contribution < -0.4 is 0 Å². The molecule has 2 rings (SSSR count). The van der Waals surface area contributed by atoms with Gasteiger partial charge in [0.2, 0.25) is 11.4 Å². The SMILES string of the molecule is O=C(O)OC1=CS[C@H]2OC(=O)N12. The number of amides is 1. The number of hydrogen-bond donors (Lipinski definition) is 1. The van der Waals surface area contributed by atoms with E-state index in [-0.39, 0.29) is 5.88 Å². The Balaban J connectivity index is 2.07. The van der Waals surface area contributed by atoms with E-state index in [1.807, 2.05) is 0 Å². The van der Waals surface area contributed by atoms with Crippen LogP contribution in [-0.4, -0.2) is 27.8 Å². The third-order valence-corrected chi connectivity index (χ3v) is 2.20. The molecule has 1 amide bonds. The van der Waals surface area contributed by atoms with Gasteiger partial charge in [0.1, 0.15) is 0 Å². The van der Waals surface area contributed by atoms with E-state index in [4.69, 9.17) is 5.11 Å². The molecule has 64 valence electrons. The van der Waals surface area contributed by atoms with Gasteiger partial charge in [0.05, 0.1) is 0 Å². The topological polar surface area (TPSA) is 76.1 Å². The minimum absolute atomic E-state index is 0.00810. The lowest BCUT2D eigenvalue weighted by Crippen LogP contribution is -2.49. The fourth-order valence-corrected chi connectivity index (χ4v) is 1.70. The first-order chi connectivity index (χ1) is 5.68. The summed E-state index contributed by atoms with van der Waals surface area (Å²) in [7, 11) is 0. The van der Waals surface area contributed by atoms with Gasteiger partial charge in [-0.2, -0.15) is 4.90 Å². The number of thioether (sulfide) groups is 1. The molecule has 2 heterocycles. The summed E-state index contributed by atoms with van der Waals surface area (Å²) in [6, 6.07) is 0. The fraction of sp³-hybridized carbons (Fsp3) is 0.200. The average Bonchev–Trinajstić information content (AvgIpc) is 2.24. The van der Waals surface area contributed by atoms with Gasteiger partial charge in [-0.1, -0.05) is 11.8 Å². The molecule has 6 nitrogen and oxygen atoms in total. The standard InChI is InChI=1S/C5H3NO5S/c7-3-6-2(10-5(8)9)1-12-4(6)11-3/h1,4H,(H,8,9)/t4-/m1/s1. The maximum absolute atomic E-state index is 10.7. The highest BCUT2D eigenvalue weighted by atomic mass is 32.2. The summed E-state index contributed by atoms with van der Waals surface area (Å²) in [5, 5.41) is 9.66. The molecule has 0 aromatic heterocycles. The van der Waals surface area contributed by atoms with Gasteiger partial charge in [-0.05, 0) is 0 Å². The molecule has 12 heavy (non-hydrogen) atoms. The largest absolute Gasteiger partial charge is 0.512 e. The van der Waals surface area contributed by atoms with E-state index in [1.165, 1.54) is 17.2 Å². The van der Waals surface area contributed by atoms with E-state index in [9.17, 15) is 9.59 Å². The molecule has 1 saturated heterocycles. The van der Waals surface area contributed by atoms with E-state index >= 15 is 0 Å². The minimum atomic E-state index is -1.44. The van der Waals surface area contributed by atoms with Crippen molar-refractivity contribution in [3.8, 4) is 0 Å². The van der Waals surface area contributed by atoms with E-state index in [0.29, 0.717) is 0 Å². The van der Waals surface area contributed by atoms with Gasteiger partial charge in [0, 0.05) is 5.41 Å². The van der Waals surface area contributed by atoms with Crippen LogP contribution in [0.15, 0.2) is 11.3 Å². The maximum Gasteiger partial charge on any atom is 0.512 e. The Kier molecular flexibility index (Phi) is 1.40. The van der Waals surface area contributed by atoms with Crippen LogP contribution in [0.2, 0.25) is 0 Å². The molecule has 0 radical (unpaired) electrons. The second kappa shape index (κ2) is 2.31. The molecular weight excluding hydrogens is 186 g/mol. The molecule has 2 aliphatic heterocycles. The Bertz CT molecular complexity index is 288. The molecule has 0 aliphatic carbocycles. The van der Waals surface area contributed by atoms with Crippen molar-refractivity contribution < 1.29 is 24.2 Å². The first kappa shape index (κ1) is 7.29. The van der Waals surface area contributed by atoms with Gasteiger partial charge >= 0.3 is 12.2 Å². The number of fused-ring (bicyclic) bond motifs is 1. The van der Waals surface area contributed by atoms with Crippen LogP contribution in [0.25, 0.3) is 0 Å². The number of ether oxygens (including phenoxy) is 2. The van der Waals surface area contributed by atoms with Crippen molar-refractivity contribution in [1.29, 1.82) is 0 Å². The molecule has 0 unspecified atom stereocenters. The molecule has 0 aromatic carbocycles. The highest BCUT2D eigenvalue weighted by Crippen LogP contribution is 2.39. The van der Waals surface area contributed by atoms with Gasteiger partial charge in [0.25, 0.3) is 0 Å². The molecule has 2 aliphatic rings. The lowest BCUT2D eigenvalue weighted by atomic mass is 10.6. The van der Waals surface area contributed by atoms with Crippen molar-refractivity contribution in [2.75, 3.05) is 0 Å². The van der Waals surface area contributed by atoms with Crippen LogP contribution in [0.1, 0.15) is 0 Å². The summed E-state index contributed by atoms with van der Waals surface area (Å²) < 4.78 is 8.90. The zero-order chi connectivity index (χ0) is 8.72. The van der Waals surface area contributed by atoms with Crippen molar-refractivity contribution in [2.24, 2.45) is 0 Å². The summed E-state index contributed by atoms with van der Waals surface area (Å²) in [6.45, 7) is 0. The fourth-order valence-electron chi connectivity index (χ4n) is 0.851. The Morgan fingerprint density at radius 3 is 3.17 bits per heavy atom. The maximum atomic E-state index is 10.7. The van der Waals surface area contributed by atoms with E-state index in [1.54, 1.807) is 0 Å². The van der Waals surface area contributed by atoms with E-state index in [2.05, 4.69) is 9.47 Å². The molecule has 1 fully saturated rings. The third kappa shape index (κ3) is 0.900. The molecular formula is C5H3NO5S. The van der Waals surface area contributed by atoms with Crippen LogP contribution >= 0.6 is 11.8 Å². The predicted molar refractivity (Wildman–Crippen MR) is 36.9 cm³/mol. The minimum Gasteiger partial charge on any atom is -0.449 e. The summed E-state index contributed by atoms with van der Waals surface area (Å²) in [5.74, 6) is 0.00810. The Hall–Kier alpha value is -1.37. The highest BCUT2D eigenvalue weighted by Gasteiger charge is 2.47. The van der Waals surface area contributed by atoms with Crippen molar-refractivity contribution >= 4 is 24.0 Å². The Labute approximate surface area is 70.7 Å². The average molecular weight is 189 g/mol. The van der Waals surface area contributed by atoms with Crippen molar-refractivity contribution in [3.05, 3.63) is 11.3 Å². The lowest BCUT2D eigenvalue weighted by Gasteiger charge is -2.32. The predicted octanol–water partition coefficient (Wildman–Crippen LogP) is 0.963. The number of rotatable bonds is 1. The number of carbonyl (C=O) groups is 2.